The van der Waals surface area contributed by atoms with Crippen LogP contribution in [0.3, 0.4) is 0 Å². The molecule has 0 bridgehead atoms. The number of aromatic nitrogens is 2. The van der Waals surface area contributed by atoms with Crippen LogP contribution in [-0.4, -0.2) is 32.2 Å². The molecule has 0 atom stereocenters. The Balaban J connectivity index is 2.26. The summed E-state index contributed by atoms with van der Waals surface area (Å²) in [5.74, 6) is -0.156. The number of nitrogens with two attached hydrogens (primary N) is 2. The van der Waals surface area contributed by atoms with Gasteiger partial charge in [-0.15, -0.1) is 0 Å². The molecule has 7 heteroatoms. The molecule has 0 aliphatic heterocycles. The van der Waals surface area contributed by atoms with Gasteiger partial charge in [0, 0.05) is 24.7 Å². The van der Waals surface area contributed by atoms with E-state index >= 15 is 0 Å². The molecule has 0 fully saturated rings. The molecule has 0 saturated carbocycles. The van der Waals surface area contributed by atoms with Gasteiger partial charge in [0.05, 0.1) is 16.6 Å². The van der Waals surface area contributed by atoms with Crippen molar-refractivity contribution in [1.29, 1.82) is 0 Å². The van der Waals surface area contributed by atoms with Crippen LogP contribution in [-0.2, 0) is 6.54 Å². The first-order valence-corrected chi connectivity index (χ1v) is 7.03. The molecule has 1 heterocycles. The van der Waals surface area contributed by atoms with Crippen molar-refractivity contribution in [3.8, 4) is 22.9 Å². The number of phenolic OH excluding ortho intramolecular Hbond substituents is 2. The largest absolute Gasteiger partial charge is 0.508 e. The van der Waals surface area contributed by atoms with Crippen LogP contribution >= 0.6 is 0 Å². The van der Waals surface area contributed by atoms with Gasteiger partial charge in [0.15, 0.2) is 0 Å². The lowest BCUT2D eigenvalue weighted by molar-refractivity contribution is 0.100. The fourth-order valence-corrected chi connectivity index (χ4v) is 2.55. The number of hydrogen-bond donors (Lipinski definition) is 4. The van der Waals surface area contributed by atoms with Gasteiger partial charge in [0.25, 0.3) is 0 Å². The number of hydrogen-bond acceptors (Lipinski definition) is 5. The van der Waals surface area contributed by atoms with Gasteiger partial charge < -0.3 is 26.2 Å². The van der Waals surface area contributed by atoms with E-state index in [1.807, 2.05) is 4.57 Å². The van der Waals surface area contributed by atoms with Gasteiger partial charge in [0.2, 0.25) is 5.91 Å². The van der Waals surface area contributed by atoms with Crippen LogP contribution in [0.25, 0.3) is 22.4 Å². The summed E-state index contributed by atoms with van der Waals surface area (Å²) in [6.07, 6.45) is 0. The fourth-order valence-electron chi connectivity index (χ4n) is 2.55. The van der Waals surface area contributed by atoms with Crippen LogP contribution in [0.5, 0.6) is 11.5 Å². The normalized spacial score (nSPS) is 11.0. The number of imidazole rings is 1. The Hall–Kier alpha value is -3.06. The summed E-state index contributed by atoms with van der Waals surface area (Å²) in [5, 5.41) is 19.5. The van der Waals surface area contributed by atoms with Gasteiger partial charge in [-0.25, -0.2) is 4.98 Å². The molecule has 6 N–H and O–H groups in total. The molecule has 0 saturated heterocycles. The Morgan fingerprint density at radius 2 is 1.96 bits per heavy atom. The number of carbonyl (C=O) groups excluding carboxylic acids is 1. The third kappa shape index (κ3) is 2.58. The number of phenols is 2. The molecule has 0 unspecified atom stereocenters. The predicted octanol–water partition coefficient (Wildman–Crippen LogP) is 1.17. The number of aromatic hydroxyl groups is 2. The lowest BCUT2D eigenvalue weighted by Gasteiger charge is -2.09. The highest BCUT2D eigenvalue weighted by Gasteiger charge is 2.16. The van der Waals surface area contributed by atoms with E-state index in [0.29, 0.717) is 35.6 Å². The van der Waals surface area contributed by atoms with Crippen molar-refractivity contribution >= 4 is 16.9 Å². The molecular weight excluding hydrogens is 296 g/mol. The van der Waals surface area contributed by atoms with Crippen LogP contribution in [0.2, 0.25) is 0 Å². The van der Waals surface area contributed by atoms with Crippen molar-refractivity contribution in [2.24, 2.45) is 11.5 Å². The molecule has 23 heavy (non-hydrogen) atoms. The van der Waals surface area contributed by atoms with Crippen LogP contribution in [0, 0.1) is 0 Å². The first-order valence-electron chi connectivity index (χ1n) is 7.03. The van der Waals surface area contributed by atoms with E-state index in [9.17, 15) is 15.0 Å². The molecule has 7 nitrogen and oxygen atoms in total. The number of rotatable bonds is 4. The minimum absolute atomic E-state index is 0.0382. The van der Waals surface area contributed by atoms with Gasteiger partial charge >= 0.3 is 0 Å². The molecule has 1 amide bonds. The minimum Gasteiger partial charge on any atom is -0.508 e. The van der Waals surface area contributed by atoms with Gasteiger partial charge in [-0.2, -0.15) is 0 Å². The van der Waals surface area contributed by atoms with E-state index in [1.165, 1.54) is 12.1 Å². The molecule has 3 aromatic rings. The van der Waals surface area contributed by atoms with Crippen molar-refractivity contribution in [3.63, 3.8) is 0 Å². The Bertz CT molecular complexity index is 902. The average Bonchev–Trinajstić information content (AvgIpc) is 2.85. The first-order chi connectivity index (χ1) is 11.0. The molecular formula is C16H16N4O3. The van der Waals surface area contributed by atoms with Crippen molar-refractivity contribution in [2.75, 3.05) is 6.54 Å². The summed E-state index contributed by atoms with van der Waals surface area (Å²) in [6.45, 7) is 0.872. The Morgan fingerprint density at radius 1 is 1.17 bits per heavy atom. The molecule has 2 aromatic carbocycles. The van der Waals surface area contributed by atoms with Gasteiger partial charge in [-0.3, -0.25) is 4.79 Å². The zero-order valence-electron chi connectivity index (χ0n) is 12.2. The van der Waals surface area contributed by atoms with Crippen LogP contribution in [0.15, 0.2) is 36.4 Å². The molecule has 0 spiro atoms. The van der Waals surface area contributed by atoms with Crippen LogP contribution in [0.4, 0.5) is 0 Å². The number of amides is 1. The summed E-state index contributed by atoms with van der Waals surface area (Å²) in [5.41, 5.74) is 13.2. The molecule has 1 aromatic heterocycles. The zero-order valence-corrected chi connectivity index (χ0v) is 12.2. The average molecular weight is 312 g/mol. The van der Waals surface area contributed by atoms with E-state index in [1.54, 1.807) is 24.3 Å². The summed E-state index contributed by atoms with van der Waals surface area (Å²) >= 11 is 0. The van der Waals surface area contributed by atoms with E-state index in [4.69, 9.17) is 11.5 Å². The second-order valence-electron chi connectivity index (χ2n) is 5.14. The maximum atomic E-state index is 11.3. The number of carbonyl (C=O) groups is 1. The van der Waals surface area contributed by atoms with Crippen LogP contribution < -0.4 is 11.5 Å². The number of benzene rings is 2. The zero-order chi connectivity index (χ0) is 16.6. The van der Waals surface area contributed by atoms with Crippen LogP contribution in [0.1, 0.15) is 10.4 Å². The van der Waals surface area contributed by atoms with Gasteiger partial charge in [-0.05, 0) is 30.3 Å². The highest BCUT2D eigenvalue weighted by molar-refractivity contribution is 5.96. The topological polar surface area (TPSA) is 127 Å². The second kappa shape index (κ2) is 5.62. The minimum atomic E-state index is -0.533. The van der Waals surface area contributed by atoms with Crippen molar-refractivity contribution in [3.05, 3.63) is 42.0 Å². The first kappa shape index (κ1) is 14.9. The van der Waals surface area contributed by atoms with Gasteiger partial charge in [0.1, 0.15) is 17.3 Å². The standard InChI is InChI=1S/C16H16N4O3/c17-5-6-20-13-4-1-9(15(18)23)7-12(13)19-16(20)11-3-2-10(21)8-14(11)22/h1-4,7-8,21-22H,5-6,17H2,(H2,18,23). The molecule has 0 aliphatic rings. The van der Waals surface area contributed by atoms with E-state index in [0.717, 1.165) is 5.52 Å². The Kier molecular flexibility index (Phi) is 3.63. The summed E-state index contributed by atoms with van der Waals surface area (Å²) < 4.78 is 1.85. The van der Waals surface area contributed by atoms with E-state index in [2.05, 4.69) is 4.98 Å². The third-order valence-corrected chi connectivity index (χ3v) is 3.61. The Morgan fingerprint density at radius 3 is 2.61 bits per heavy atom. The summed E-state index contributed by atoms with van der Waals surface area (Å²) in [7, 11) is 0. The maximum Gasteiger partial charge on any atom is 0.248 e. The third-order valence-electron chi connectivity index (χ3n) is 3.61. The lowest BCUT2D eigenvalue weighted by Crippen LogP contribution is -2.12. The highest BCUT2D eigenvalue weighted by atomic mass is 16.3. The van der Waals surface area contributed by atoms with Crippen molar-refractivity contribution in [2.45, 2.75) is 6.54 Å². The molecule has 118 valence electrons. The quantitative estimate of drug-likeness (QED) is 0.575. The highest BCUT2D eigenvalue weighted by Crippen LogP contribution is 2.33. The lowest BCUT2D eigenvalue weighted by atomic mass is 10.2. The molecule has 0 radical (unpaired) electrons. The Labute approximate surface area is 131 Å². The SMILES string of the molecule is NCCn1c(-c2ccc(O)cc2O)nc2cc(C(N)=O)ccc21. The fraction of sp³-hybridized carbons (Fsp3) is 0.125. The van der Waals surface area contributed by atoms with E-state index < -0.39 is 5.91 Å². The molecule has 3 rings (SSSR count). The predicted molar refractivity (Wildman–Crippen MR) is 86.1 cm³/mol. The number of primary amides is 1. The number of fused-ring (bicyclic) bond motifs is 1. The maximum absolute atomic E-state index is 11.3. The van der Waals surface area contributed by atoms with Crippen molar-refractivity contribution < 1.29 is 15.0 Å². The molecule has 0 aliphatic carbocycles. The van der Waals surface area contributed by atoms with Gasteiger partial charge in [-0.1, -0.05) is 0 Å². The summed E-state index contributed by atoms with van der Waals surface area (Å²) in [4.78, 5) is 15.8. The second-order valence-corrected chi connectivity index (χ2v) is 5.14. The summed E-state index contributed by atoms with van der Waals surface area (Å²) in [6, 6.07) is 9.27. The van der Waals surface area contributed by atoms with E-state index in [-0.39, 0.29) is 11.5 Å². The smallest absolute Gasteiger partial charge is 0.248 e. The monoisotopic (exact) mass is 312 g/mol. The van der Waals surface area contributed by atoms with Crippen molar-refractivity contribution in [1.82, 2.24) is 9.55 Å². The number of nitrogens with zero attached hydrogens (tertiary/aromatic N) is 2.